The number of aliphatic hydroxyl groups excluding tert-OH is 1. The zero-order valence-electron chi connectivity index (χ0n) is 25.6. The summed E-state index contributed by atoms with van der Waals surface area (Å²) in [6, 6.07) is 13.3. The van der Waals surface area contributed by atoms with Gasteiger partial charge in [0.1, 0.15) is 32.5 Å². The molecule has 9 nitrogen and oxygen atoms in total. The van der Waals surface area contributed by atoms with Crippen LogP contribution < -0.4 is 18.9 Å². The molecule has 250 valence electrons. The summed E-state index contributed by atoms with van der Waals surface area (Å²) in [5, 5.41) is 12.5. The van der Waals surface area contributed by atoms with Gasteiger partial charge in [-0.3, -0.25) is 0 Å². The Labute approximate surface area is 283 Å². The van der Waals surface area contributed by atoms with Crippen molar-refractivity contribution in [2.24, 2.45) is 5.41 Å². The zero-order valence-corrected chi connectivity index (χ0v) is 28.8. The zero-order chi connectivity index (χ0) is 31.0. The Balaban J connectivity index is 1.13. The van der Waals surface area contributed by atoms with Gasteiger partial charge < -0.3 is 43.0 Å². The maximum Gasteiger partial charge on any atom is 0.161 e. The van der Waals surface area contributed by atoms with Crippen LogP contribution in [0.2, 0.25) is 0 Å². The van der Waals surface area contributed by atoms with Gasteiger partial charge in [0.05, 0.1) is 57.4 Å². The molecule has 2 saturated heterocycles. The van der Waals surface area contributed by atoms with E-state index in [2.05, 4.69) is 0 Å². The standard InChI is InChI=1S/C32H44O9S4/c33-30(31-44-22-32(23-45-31)20-42-24-43-21-32)25-5-6-28-29(19-25)41-18-14-37-10-9-35-12-16-39-27-4-2-1-3-26(27)38-15-11-34-7-8-36-13-17-40-28/h1-6,19,30-31,33H,7-18,20-24H2. The van der Waals surface area contributed by atoms with Gasteiger partial charge >= 0.3 is 0 Å². The van der Waals surface area contributed by atoms with Crippen LogP contribution in [0.3, 0.4) is 0 Å². The Kier molecular flexibility index (Phi) is 15.3. The smallest absolute Gasteiger partial charge is 0.161 e. The summed E-state index contributed by atoms with van der Waals surface area (Å²) in [6.45, 7) is 4.98. The second kappa shape index (κ2) is 19.6. The number of hydrogen-bond acceptors (Lipinski definition) is 13. The van der Waals surface area contributed by atoms with Gasteiger partial charge in [-0.2, -0.15) is 23.5 Å². The van der Waals surface area contributed by atoms with Crippen molar-refractivity contribution >= 4 is 47.0 Å². The lowest BCUT2D eigenvalue weighted by Gasteiger charge is -2.42. The Morgan fingerprint density at radius 2 is 1.00 bits per heavy atom. The molecule has 1 N–H and O–H groups in total. The average Bonchev–Trinajstić information content (AvgIpc) is 3.07. The van der Waals surface area contributed by atoms with Crippen molar-refractivity contribution in [3.05, 3.63) is 48.0 Å². The minimum Gasteiger partial charge on any atom is -0.487 e. The van der Waals surface area contributed by atoms with Crippen molar-refractivity contribution in [1.82, 2.24) is 0 Å². The lowest BCUT2D eigenvalue weighted by atomic mass is 9.99. The van der Waals surface area contributed by atoms with Gasteiger partial charge in [0.2, 0.25) is 0 Å². The summed E-state index contributed by atoms with van der Waals surface area (Å²) in [5.74, 6) is 7.16. The van der Waals surface area contributed by atoms with E-state index in [0.717, 1.165) is 17.1 Å². The third-order valence-corrected chi connectivity index (χ3v) is 13.7. The van der Waals surface area contributed by atoms with Gasteiger partial charge in [-0.15, -0.1) is 23.5 Å². The third-order valence-electron chi connectivity index (χ3n) is 7.19. The van der Waals surface area contributed by atoms with Crippen LogP contribution in [0.15, 0.2) is 42.5 Å². The molecule has 0 aromatic heterocycles. The molecule has 1 unspecified atom stereocenters. The molecule has 0 bridgehead atoms. The molecule has 1 spiro atoms. The molecule has 5 rings (SSSR count). The number of para-hydroxylation sites is 2. The molecule has 45 heavy (non-hydrogen) atoms. The van der Waals surface area contributed by atoms with Gasteiger partial charge in [-0.05, 0) is 29.8 Å². The molecule has 2 aromatic carbocycles. The quantitative estimate of drug-likeness (QED) is 0.443. The maximum atomic E-state index is 11.3. The van der Waals surface area contributed by atoms with Crippen molar-refractivity contribution in [1.29, 1.82) is 0 Å². The number of thioether (sulfide) groups is 4. The summed E-state index contributed by atoms with van der Waals surface area (Å²) in [7, 11) is 0. The molecule has 3 aliphatic heterocycles. The molecule has 2 fully saturated rings. The predicted octanol–water partition coefficient (Wildman–Crippen LogP) is 5.25. The van der Waals surface area contributed by atoms with Gasteiger partial charge in [0, 0.05) is 33.5 Å². The van der Waals surface area contributed by atoms with Crippen molar-refractivity contribution in [2.75, 3.05) is 107 Å². The largest absolute Gasteiger partial charge is 0.487 e. The molecule has 0 aliphatic carbocycles. The molecule has 13 heteroatoms. The highest BCUT2D eigenvalue weighted by Crippen LogP contribution is 2.50. The molecular formula is C32H44O9S4. The van der Waals surface area contributed by atoms with Crippen molar-refractivity contribution < 1.29 is 43.0 Å². The van der Waals surface area contributed by atoms with Crippen LogP contribution in [0.1, 0.15) is 11.7 Å². The SMILES string of the molecule is OC(c1ccc2c(c1)OCCOCCOCCOc1ccccc1OCCOCCOCCO2)C1SCC2(CSCSC2)CS1. The fourth-order valence-electron chi connectivity index (χ4n) is 4.85. The van der Waals surface area contributed by atoms with Crippen LogP contribution in [-0.4, -0.2) is 117 Å². The van der Waals surface area contributed by atoms with Crippen LogP contribution in [0.25, 0.3) is 0 Å². The van der Waals surface area contributed by atoms with Crippen LogP contribution in [-0.2, 0) is 18.9 Å². The molecule has 0 saturated carbocycles. The van der Waals surface area contributed by atoms with Gasteiger partial charge in [-0.25, -0.2) is 0 Å². The summed E-state index contributed by atoms with van der Waals surface area (Å²) >= 11 is 7.85. The monoisotopic (exact) mass is 700 g/mol. The van der Waals surface area contributed by atoms with Gasteiger partial charge in [0.15, 0.2) is 23.0 Å². The van der Waals surface area contributed by atoms with Crippen LogP contribution >= 0.6 is 47.0 Å². The summed E-state index contributed by atoms with van der Waals surface area (Å²) < 4.78 is 46.7. The molecule has 0 radical (unpaired) electrons. The third kappa shape index (κ3) is 11.5. The topological polar surface area (TPSA) is 94.1 Å². The Morgan fingerprint density at radius 1 is 0.556 bits per heavy atom. The number of ether oxygens (including phenoxy) is 8. The number of hydrogen-bond donors (Lipinski definition) is 1. The van der Waals surface area contributed by atoms with Crippen LogP contribution in [0, 0.1) is 5.41 Å². The Bertz CT molecular complexity index is 1130. The summed E-state index contributed by atoms with van der Waals surface area (Å²) in [4.78, 5) is 0. The Hall–Kier alpha value is -1.16. The molecular weight excluding hydrogens is 657 g/mol. The van der Waals surface area contributed by atoms with E-state index in [1.54, 1.807) is 0 Å². The fourth-order valence-corrected chi connectivity index (χ4v) is 11.4. The number of fused-ring (bicyclic) bond motifs is 2. The second-order valence-electron chi connectivity index (χ2n) is 10.7. The summed E-state index contributed by atoms with van der Waals surface area (Å²) in [5.41, 5.74) is 1.21. The number of benzene rings is 2. The normalized spacial score (nSPS) is 22.6. The highest BCUT2D eigenvalue weighted by molar-refractivity contribution is 8.18. The van der Waals surface area contributed by atoms with Gasteiger partial charge in [-0.1, -0.05) is 18.2 Å². The van der Waals surface area contributed by atoms with E-state index in [4.69, 9.17) is 37.9 Å². The minimum absolute atomic E-state index is 0.0897. The predicted molar refractivity (Wildman–Crippen MR) is 184 cm³/mol. The fraction of sp³-hybridized carbons (Fsp3) is 0.625. The van der Waals surface area contributed by atoms with E-state index < -0.39 is 6.10 Å². The van der Waals surface area contributed by atoms with Crippen molar-refractivity contribution in [3.63, 3.8) is 0 Å². The van der Waals surface area contributed by atoms with E-state index in [1.807, 2.05) is 89.5 Å². The number of aliphatic hydroxyl groups is 1. The van der Waals surface area contributed by atoms with E-state index in [9.17, 15) is 5.11 Å². The first kappa shape index (κ1) is 35.2. The maximum absolute atomic E-state index is 11.3. The van der Waals surface area contributed by atoms with Crippen LogP contribution in [0.4, 0.5) is 0 Å². The van der Waals surface area contributed by atoms with E-state index in [-0.39, 0.29) is 4.58 Å². The first-order chi connectivity index (χ1) is 22.2. The lowest BCUT2D eigenvalue weighted by Crippen LogP contribution is -2.39. The van der Waals surface area contributed by atoms with E-state index >= 15 is 0 Å². The average molecular weight is 701 g/mol. The van der Waals surface area contributed by atoms with E-state index in [0.29, 0.717) is 108 Å². The van der Waals surface area contributed by atoms with E-state index in [1.165, 1.54) is 16.6 Å². The summed E-state index contributed by atoms with van der Waals surface area (Å²) in [6.07, 6.45) is -0.599. The lowest BCUT2D eigenvalue weighted by molar-refractivity contribution is 0.0223. The minimum atomic E-state index is -0.599. The second-order valence-corrected chi connectivity index (χ2v) is 15.6. The van der Waals surface area contributed by atoms with Gasteiger partial charge in [0.25, 0.3) is 0 Å². The van der Waals surface area contributed by atoms with Crippen molar-refractivity contribution in [2.45, 2.75) is 10.7 Å². The molecule has 3 aliphatic rings. The highest BCUT2D eigenvalue weighted by atomic mass is 32.2. The first-order valence-electron chi connectivity index (χ1n) is 15.3. The molecule has 0 amide bonds. The molecule has 2 aromatic rings. The highest BCUT2D eigenvalue weighted by Gasteiger charge is 2.40. The van der Waals surface area contributed by atoms with Crippen molar-refractivity contribution in [3.8, 4) is 23.0 Å². The number of rotatable bonds is 2. The van der Waals surface area contributed by atoms with Crippen LogP contribution in [0.5, 0.6) is 23.0 Å². The molecule has 1 atom stereocenters. The first-order valence-corrected chi connectivity index (χ1v) is 19.8. The Morgan fingerprint density at radius 3 is 1.51 bits per heavy atom. The molecule has 3 heterocycles.